The van der Waals surface area contributed by atoms with Crippen LogP contribution in [0, 0.1) is 47.7 Å². The number of rotatable bonds is 9. The molecule has 0 heterocycles. The third-order valence-corrected chi connectivity index (χ3v) is 10.7. The van der Waals surface area contributed by atoms with Crippen LogP contribution in [0.1, 0.15) is 105 Å². The van der Waals surface area contributed by atoms with E-state index in [1.54, 1.807) is 25.1 Å². The summed E-state index contributed by atoms with van der Waals surface area (Å²) < 4.78 is 57.4. The summed E-state index contributed by atoms with van der Waals surface area (Å²) in [7, 11) is 0. The number of hydrogen-bond donors (Lipinski definition) is 1. The first kappa shape index (κ1) is 32.6. The van der Waals surface area contributed by atoms with Crippen molar-refractivity contribution in [2.24, 2.45) is 40.7 Å². The second kappa shape index (κ2) is 12.5. The lowest BCUT2D eigenvalue weighted by Crippen LogP contribution is -2.44. The number of benzene rings is 2. The minimum absolute atomic E-state index is 0.0650. The van der Waals surface area contributed by atoms with Gasteiger partial charge in [-0.3, -0.25) is 9.59 Å². The Balaban J connectivity index is 1.58. The average molecular weight is 612 g/mol. The number of ketones is 2. The number of Topliss-reactive ketones (excluding diaryl/α,β-unsaturated/α-hetero) is 2. The summed E-state index contributed by atoms with van der Waals surface area (Å²) in [4.78, 5) is 28.9. The van der Waals surface area contributed by atoms with Crippen LogP contribution in [-0.4, -0.2) is 23.8 Å². The van der Waals surface area contributed by atoms with Gasteiger partial charge in [0.2, 0.25) is 0 Å². The molecule has 0 spiro atoms. The molecule has 238 valence electrons. The van der Waals surface area contributed by atoms with Crippen LogP contribution >= 0.6 is 0 Å². The fourth-order valence-corrected chi connectivity index (χ4v) is 7.81. The van der Waals surface area contributed by atoms with Gasteiger partial charge in [0, 0.05) is 41.2 Å². The topological polar surface area (TPSA) is 60.2 Å². The molecule has 3 nitrogen and oxygen atoms in total. The lowest BCUT2D eigenvalue weighted by atomic mass is 9.59. The van der Waals surface area contributed by atoms with E-state index in [2.05, 4.69) is 20.8 Å². The molecule has 2 aromatic rings. The molecule has 3 aliphatic rings. The maximum Gasteiger partial charge on any atom is 0.392 e. The first-order chi connectivity index (χ1) is 20.7. The number of alkyl halides is 3. The molecular weight excluding hydrogens is 566 g/mol. The Morgan fingerprint density at radius 3 is 2.30 bits per heavy atom. The number of halogens is 4. The molecule has 0 aliphatic heterocycles. The summed E-state index contributed by atoms with van der Waals surface area (Å²) in [5.41, 5.74) is 8.79. The van der Waals surface area contributed by atoms with E-state index in [9.17, 15) is 22.8 Å². The molecule has 2 N–H and O–H groups in total. The fraction of sp³-hybridized carbons (Fsp3) is 0.568. The second-order valence-corrected chi connectivity index (χ2v) is 14.6. The van der Waals surface area contributed by atoms with Crippen molar-refractivity contribution in [2.75, 3.05) is 0 Å². The highest BCUT2D eigenvalue weighted by molar-refractivity contribution is 5.99. The van der Waals surface area contributed by atoms with Crippen molar-refractivity contribution in [1.82, 2.24) is 0 Å². The molecule has 5 rings (SSSR count). The van der Waals surface area contributed by atoms with Gasteiger partial charge < -0.3 is 5.73 Å². The van der Waals surface area contributed by atoms with Crippen molar-refractivity contribution in [1.29, 1.82) is 0 Å². The second-order valence-electron chi connectivity index (χ2n) is 14.6. The highest BCUT2D eigenvalue weighted by Gasteiger charge is 2.54. The summed E-state index contributed by atoms with van der Waals surface area (Å²) in [6, 6.07) is 12.0. The van der Waals surface area contributed by atoms with E-state index in [1.807, 2.05) is 30.4 Å². The van der Waals surface area contributed by atoms with E-state index >= 15 is 4.39 Å². The van der Waals surface area contributed by atoms with Crippen LogP contribution in [0.5, 0.6) is 0 Å². The van der Waals surface area contributed by atoms with E-state index in [4.69, 9.17) is 5.73 Å². The van der Waals surface area contributed by atoms with E-state index in [-0.39, 0.29) is 41.9 Å². The normalized spacial score (nSPS) is 28.2. The Hall–Kier alpha value is -2.80. The Morgan fingerprint density at radius 2 is 1.64 bits per heavy atom. The lowest BCUT2D eigenvalue weighted by Gasteiger charge is -2.43. The van der Waals surface area contributed by atoms with Gasteiger partial charge in [-0.25, -0.2) is 4.39 Å². The minimum Gasteiger partial charge on any atom is -0.327 e. The highest BCUT2D eigenvalue weighted by atomic mass is 19.4. The Kier molecular flexibility index (Phi) is 9.28. The molecule has 7 heteroatoms. The van der Waals surface area contributed by atoms with Crippen LogP contribution in [-0.2, 0) is 4.79 Å². The number of carbonyl (C=O) groups is 2. The average Bonchev–Trinajstić information content (AvgIpc) is 3.70. The maximum atomic E-state index is 15.0. The van der Waals surface area contributed by atoms with Gasteiger partial charge in [-0.2, -0.15) is 13.2 Å². The van der Waals surface area contributed by atoms with Crippen LogP contribution < -0.4 is 5.73 Å². The number of allylic oxidation sites excluding steroid dienone is 2. The van der Waals surface area contributed by atoms with E-state index in [0.29, 0.717) is 48.8 Å². The first-order valence-electron chi connectivity index (χ1n) is 16.1. The summed E-state index contributed by atoms with van der Waals surface area (Å²) in [5.74, 6) is -5.93. The van der Waals surface area contributed by atoms with Crippen molar-refractivity contribution in [3.05, 3.63) is 82.7 Å². The zero-order chi connectivity index (χ0) is 32.0. The zero-order valence-electron chi connectivity index (χ0n) is 26.2. The third kappa shape index (κ3) is 6.88. The van der Waals surface area contributed by atoms with Crippen LogP contribution in [0.4, 0.5) is 17.6 Å². The first-order valence-corrected chi connectivity index (χ1v) is 16.1. The Labute approximate surface area is 258 Å². The molecule has 44 heavy (non-hydrogen) atoms. The Bertz CT molecular complexity index is 1400. The Morgan fingerprint density at radius 1 is 0.955 bits per heavy atom. The van der Waals surface area contributed by atoms with Crippen molar-refractivity contribution < 1.29 is 27.2 Å². The minimum atomic E-state index is -4.47. The van der Waals surface area contributed by atoms with E-state index < -0.39 is 47.4 Å². The third-order valence-electron chi connectivity index (χ3n) is 10.7. The van der Waals surface area contributed by atoms with E-state index in [1.165, 1.54) is 6.07 Å². The van der Waals surface area contributed by atoms with Gasteiger partial charge in [-0.05, 0) is 85.6 Å². The van der Waals surface area contributed by atoms with Gasteiger partial charge in [0.15, 0.2) is 5.78 Å². The zero-order valence-corrected chi connectivity index (χ0v) is 26.2. The summed E-state index contributed by atoms with van der Waals surface area (Å²) in [5, 5.41) is 0. The summed E-state index contributed by atoms with van der Waals surface area (Å²) in [6.45, 7) is 7.84. The smallest absolute Gasteiger partial charge is 0.327 e. The van der Waals surface area contributed by atoms with Crippen molar-refractivity contribution in [3.8, 4) is 0 Å². The highest BCUT2D eigenvalue weighted by Crippen LogP contribution is 2.52. The quantitative estimate of drug-likeness (QED) is 0.175. The predicted octanol–water partition coefficient (Wildman–Crippen LogP) is 9.10. The number of carbonyl (C=O) groups excluding carboxylic acids is 2. The molecule has 2 aromatic carbocycles. The molecule has 3 aliphatic carbocycles. The van der Waals surface area contributed by atoms with Crippen LogP contribution in [0.2, 0.25) is 0 Å². The van der Waals surface area contributed by atoms with Gasteiger partial charge in [-0.1, -0.05) is 69.7 Å². The SMILES string of the molecule is Cc1c(F)cccc1[C@@H]1C(C(=O)c2cccc(C3C=C3)c2)CC(CCC(N)C(C)(C)C)C[C@@H]1C(=O)C1CCCC1C(F)(F)F. The molecular formula is C37H45F4NO2. The van der Waals surface area contributed by atoms with Gasteiger partial charge >= 0.3 is 6.18 Å². The molecule has 0 amide bonds. The number of nitrogens with two attached hydrogens (primary N) is 1. The van der Waals surface area contributed by atoms with Crippen molar-refractivity contribution in [2.45, 2.75) is 96.7 Å². The predicted molar refractivity (Wildman–Crippen MR) is 165 cm³/mol. The van der Waals surface area contributed by atoms with Gasteiger partial charge in [0.1, 0.15) is 11.6 Å². The molecule has 2 saturated carbocycles. The molecule has 0 aromatic heterocycles. The van der Waals surface area contributed by atoms with Crippen LogP contribution in [0.25, 0.3) is 0 Å². The van der Waals surface area contributed by atoms with E-state index in [0.717, 1.165) is 5.56 Å². The largest absolute Gasteiger partial charge is 0.392 e. The molecule has 5 unspecified atom stereocenters. The summed E-state index contributed by atoms with van der Waals surface area (Å²) >= 11 is 0. The molecule has 0 bridgehead atoms. The molecule has 0 radical (unpaired) electrons. The molecule has 2 fully saturated rings. The molecule has 0 saturated heterocycles. The fourth-order valence-electron chi connectivity index (χ4n) is 7.81. The van der Waals surface area contributed by atoms with Gasteiger partial charge in [0.25, 0.3) is 0 Å². The van der Waals surface area contributed by atoms with Crippen LogP contribution in [0.15, 0.2) is 54.6 Å². The van der Waals surface area contributed by atoms with Gasteiger partial charge in [0.05, 0.1) is 5.92 Å². The number of hydrogen-bond acceptors (Lipinski definition) is 3. The standard InChI is InChI=1S/C37H45F4NO2/c1-21-26(10-7-13-31(21)38)33-28(34(43)25-9-5-8-24(20-25)23-15-16-23)18-22(14-17-32(42)36(2,3)4)19-29(33)35(44)27-11-6-12-30(27)37(39,40)41/h5,7-10,13,15-16,20,22-23,27-30,32-33H,6,11-12,14,17-19,42H2,1-4H3/t22?,27?,28?,29-,30?,32?,33+/m0/s1. The lowest BCUT2D eigenvalue weighted by molar-refractivity contribution is -0.187. The van der Waals surface area contributed by atoms with Crippen molar-refractivity contribution >= 4 is 11.6 Å². The molecule has 7 atom stereocenters. The van der Waals surface area contributed by atoms with Crippen molar-refractivity contribution in [3.63, 3.8) is 0 Å². The monoisotopic (exact) mass is 611 g/mol. The van der Waals surface area contributed by atoms with Gasteiger partial charge in [-0.15, -0.1) is 0 Å². The summed E-state index contributed by atoms with van der Waals surface area (Å²) in [6.07, 6.45) is 2.26. The van der Waals surface area contributed by atoms with Crippen LogP contribution in [0.3, 0.4) is 0 Å². The maximum absolute atomic E-state index is 15.0.